The van der Waals surface area contributed by atoms with Crippen LogP contribution in [-0.2, 0) is 6.61 Å². The van der Waals surface area contributed by atoms with Gasteiger partial charge in [-0.05, 0) is 42.5 Å². The molecule has 0 spiro atoms. The normalized spacial score (nSPS) is 10.4. The average molecular weight is 494 g/mol. The molecule has 4 rings (SSSR count). The Morgan fingerprint density at radius 1 is 1.18 bits per heavy atom. The number of rotatable bonds is 7. The van der Waals surface area contributed by atoms with Gasteiger partial charge in [0.05, 0.1) is 23.4 Å². The monoisotopic (exact) mass is 493 g/mol. The van der Waals surface area contributed by atoms with E-state index in [1.54, 1.807) is 31.2 Å². The summed E-state index contributed by atoms with van der Waals surface area (Å²) in [5, 5.41) is 21.0. The highest BCUT2D eigenvalue weighted by atomic mass is 35.5. The van der Waals surface area contributed by atoms with Crippen molar-refractivity contribution in [1.29, 1.82) is 5.26 Å². The van der Waals surface area contributed by atoms with Crippen LogP contribution in [0.2, 0.25) is 5.02 Å². The van der Waals surface area contributed by atoms with Crippen molar-refractivity contribution in [3.63, 3.8) is 0 Å². The average Bonchev–Trinajstić information content (AvgIpc) is 3.30. The second-order valence-corrected chi connectivity index (χ2v) is 8.18. The third-order valence-electron chi connectivity index (χ3n) is 4.55. The van der Waals surface area contributed by atoms with E-state index in [0.717, 1.165) is 11.3 Å². The molecule has 170 valence electrons. The first-order valence-electron chi connectivity index (χ1n) is 9.76. The molecule has 0 saturated heterocycles. The molecular formula is C22H16ClN7O3S. The number of nitriles is 1. The summed E-state index contributed by atoms with van der Waals surface area (Å²) in [7, 11) is 1.44. The van der Waals surface area contributed by atoms with Gasteiger partial charge in [0, 0.05) is 35.4 Å². The SMILES string of the molecule is COc1c(-c2cc(C)ncc2C(=O)Nc2nnc(OCc3ccc(Cl)cn3)s2)ccnc1C#N. The summed E-state index contributed by atoms with van der Waals surface area (Å²) in [5.41, 5.74) is 2.82. The molecule has 4 aromatic heterocycles. The van der Waals surface area contributed by atoms with Crippen LogP contribution in [0, 0.1) is 18.3 Å². The molecular weight excluding hydrogens is 478 g/mol. The lowest BCUT2D eigenvalue weighted by Gasteiger charge is -2.13. The Morgan fingerprint density at radius 3 is 2.76 bits per heavy atom. The molecule has 0 aliphatic rings. The zero-order chi connectivity index (χ0) is 24.1. The minimum Gasteiger partial charge on any atom is -0.493 e. The van der Waals surface area contributed by atoms with Crippen LogP contribution in [0.25, 0.3) is 11.1 Å². The van der Waals surface area contributed by atoms with Gasteiger partial charge in [0.2, 0.25) is 5.13 Å². The number of nitrogens with zero attached hydrogens (tertiary/aromatic N) is 6. The molecule has 0 aromatic carbocycles. The molecule has 12 heteroatoms. The van der Waals surface area contributed by atoms with E-state index in [1.807, 2.05) is 6.07 Å². The molecule has 1 amide bonds. The minimum atomic E-state index is -0.457. The number of nitrogens with one attached hydrogen (secondary N) is 1. The maximum Gasteiger partial charge on any atom is 0.296 e. The van der Waals surface area contributed by atoms with Crippen molar-refractivity contribution in [1.82, 2.24) is 25.1 Å². The molecule has 1 N–H and O–H groups in total. The highest BCUT2D eigenvalue weighted by Gasteiger charge is 2.20. The molecule has 0 saturated carbocycles. The zero-order valence-electron chi connectivity index (χ0n) is 17.9. The van der Waals surface area contributed by atoms with Crippen LogP contribution in [0.1, 0.15) is 27.4 Å². The van der Waals surface area contributed by atoms with Gasteiger partial charge in [-0.1, -0.05) is 16.7 Å². The van der Waals surface area contributed by atoms with Crippen molar-refractivity contribution >= 4 is 34.0 Å². The maximum absolute atomic E-state index is 13.1. The molecule has 4 aromatic rings. The van der Waals surface area contributed by atoms with Crippen LogP contribution >= 0.6 is 22.9 Å². The van der Waals surface area contributed by atoms with E-state index in [9.17, 15) is 10.1 Å². The van der Waals surface area contributed by atoms with E-state index in [-0.39, 0.29) is 33.9 Å². The first-order chi connectivity index (χ1) is 16.5. The molecule has 4 heterocycles. The fourth-order valence-electron chi connectivity index (χ4n) is 3.02. The van der Waals surface area contributed by atoms with Gasteiger partial charge in [0.1, 0.15) is 12.7 Å². The number of carbonyl (C=O) groups excluding carboxylic acids is 1. The standard InChI is InChI=1S/C22H16ClN7O3S/c1-12-7-16(15-5-6-25-18(8-24)19(15)32-2)17(10-26-12)20(31)28-21-29-30-22(34-21)33-11-14-4-3-13(23)9-27-14/h3-7,9-10H,11H2,1-2H3,(H,28,29,31). The fraction of sp³-hybridized carbons (Fsp3) is 0.136. The topological polar surface area (TPSA) is 136 Å². The van der Waals surface area contributed by atoms with Crippen molar-refractivity contribution in [3.05, 3.63) is 70.5 Å². The summed E-state index contributed by atoms with van der Waals surface area (Å²) in [5.74, 6) is -0.186. The smallest absolute Gasteiger partial charge is 0.296 e. The molecule has 0 aliphatic carbocycles. The van der Waals surface area contributed by atoms with Gasteiger partial charge >= 0.3 is 0 Å². The lowest BCUT2D eigenvalue weighted by atomic mass is 9.99. The number of hydrogen-bond donors (Lipinski definition) is 1. The Hall–Kier alpha value is -4.14. The third-order valence-corrected chi connectivity index (χ3v) is 5.52. The molecule has 0 fully saturated rings. The summed E-state index contributed by atoms with van der Waals surface area (Å²) in [6.07, 6.45) is 4.46. The van der Waals surface area contributed by atoms with Crippen LogP contribution in [0.5, 0.6) is 10.9 Å². The van der Waals surface area contributed by atoms with Crippen LogP contribution < -0.4 is 14.8 Å². The number of aromatic nitrogens is 5. The van der Waals surface area contributed by atoms with Gasteiger partial charge in [-0.2, -0.15) is 5.26 Å². The fourth-order valence-corrected chi connectivity index (χ4v) is 3.72. The number of methoxy groups -OCH3 is 1. The number of carbonyl (C=O) groups is 1. The highest BCUT2D eigenvalue weighted by Crippen LogP contribution is 2.34. The van der Waals surface area contributed by atoms with Crippen molar-refractivity contribution in [2.45, 2.75) is 13.5 Å². The summed E-state index contributed by atoms with van der Waals surface area (Å²) in [4.78, 5) is 25.5. The first kappa shape index (κ1) is 23.0. The van der Waals surface area contributed by atoms with E-state index in [1.165, 1.54) is 25.7 Å². The van der Waals surface area contributed by atoms with Crippen LogP contribution in [0.15, 0.2) is 42.9 Å². The zero-order valence-corrected chi connectivity index (χ0v) is 19.5. The Labute approximate surface area is 203 Å². The lowest BCUT2D eigenvalue weighted by Crippen LogP contribution is -2.14. The largest absolute Gasteiger partial charge is 0.493 e. The summed E-state index contributed by atoms with van der Waals surface area (Å²) in [6, 6.07) is 8.86. The van der Waals surface area contributed by atoms with E-state index in [2.05, 4.69) is 30.5 Å². The number of pyridine rings is 3. The van der Waals surface area contributed by atoms with Gasteiger partial charge in [0.15, 0.2) is 11.4 Å². The summed E-state index contributed by atoms with van der Waals surface area (Å²) >= 11 is 6.90. The highest BCUT2D eigenvalue weighted by molar-refractivity contribution is 7.17. The number of amides is 1. The van der Waals surface area contributed by atoms with E-state index in [4.69, 9.17) is 21.1 Å². The Kier molecular flexibility index (Phi) is 6.91. The third kappa shape index (κ3) is 5.09. The molecule has 0 aliphatic heterocycles. The van der Waals surface area contributed by atoms with Crippen molar-refractivity contribution < 1.29 is 14.3 Å². The second kappa shape index (κ2) is 10.2. The molecule has 0 unspecified atom stereocenters. The van der Waals surface area contributed by atoms with Gasteiger partial charge < -0.3 is 9.47 Å². The molecule has 10 nitrogen and oxygen atoms in total. The van der Waals surface area contributed by atoms with Crippen LogP contribution in [0.4, 0.5) is 5.13 Å². The van der Waals surface area contributed by atoms with Crippen molar-refractivity contribution in [3.8, 4) is 28.1 Å². The molecule has 0 radical (unpaired) electrons. The predicted octanol–water partition coefficient (Wildman–Crippen LogP) is 4.06. The van der Waals surface area contributed by atoms with Crippen LogP contribution in [-0.4, -0.2) is 38.2 Å². The van der Waals surface area contributed by atoms with Crippen molar-refractivity contribution in [2.75, 3.05) is 12.4 Å². The number of aryl methyl sites for hydroxylation is 1. The maximum atomic E-state index is 13.1. The number of ether oxygens (including phenoxy) is 2. The summed E-state index contributed by atoms with van der Waals surface area (Å²) < 4.78 is 11.0. The number of anilines is 1. The van der Waals surface area contributed by atoms with Crippen molar-refractivity contribution in [2.24, 2.45) is 0 Å². The predicted molar refractivity (Wildman–Crippen MR) is 125 cm³/mol. The number of hydrogen-bond acceptors (Lipinski definition) is 10. The van der Waals surface area contributed by atoms with Gasteiger partial charge in [-0.25, -0.2) is 4.98 Å². The van der Waals surface area contributed by atoms with Gasteiger partial charge in [-0.3, -0.25) is 20.1 Å². The minimum absolute atomic E-state index is 0.113. The van der Waals surface area contributed by atoms with Gasteiger partial charge in [0.25, 0.3) is 11.1 Å². The molecule has 34 heavy (non-hydrogen) atoms. The Balaban J connectivity index is 1.55. The number of halogens is 1. The Bertz CT molecular complexity index is 1390. The van der Waals surface area contributed by atoms with Gasteiger partial charge in [-0.15, -0.1) is 5.10 Å². The van der Waals surface area contributed by atoms with E-state index >= 15 is 0 Å². The van der Waals surface area contributed by atoms with E-state index < -0.39 is 5.91 Å². The lowest BCUT2D eigenvalue weighted by molar-refractivity contribution is 0.102. The van der Waals surface area contributed by atoms with E-state index in [0.29, 0.717) is 27.5 Å². The summed E-state index contributed by atoms with van der Waals surface area (Å²) in [6.45, 7) is 1.98. The molecule has 0 bridgehead atoms. The second-order valence-electron chi connectivity index (χ2n) is 6.81. The Morgan fingerprint density at radius 2 is 2.03 bits per heavy atom. The quantitative estimate of drug-likeness (QED) is 0.404. The van der Waals surface area contributed by atoms with Crippen LogP contribution in [0.3, 0.4) is 0 Å². The molecule has 0 atom stereocenters. The first-order valence-corrected chi connectivity index (χ1v) is 11.0.